The maximum atomic E-state index is 13.8. The van der Waals surface area contributed by atoms with Crippen LogP contribution < -0.4 is 5.32 Å². The number of amides is 2. The number of piperidine rings is 1. The Kier molecular flexibility index (Phi) is 5.25. The van der Waals surface area contributed by atoms with Crippen LogP contribution in [0, 0.1) is 11.7 Å². The second kappa shape index (κ2) is 7.80. The van der Waals surface area contributed by atoms with E-state index in [0.29, 0.717) is 6.42 Å². The molecule has 0 saturated carbocycles. The Bertz CT molecular complexity index is 858. The molecule has 142 valence electrons. The lowest BCUT2D eigenvalue weighted by molar-refractivity contribution is -0.120. The lowest BCUT2D eigenvalue weighted by Crippen LogP contribution is -2.35. The summed E-state index contributed by atoms with van der Waals surface area (Å²) in [6, 6.07) is 8.19. The number of aryl methyl sites for hydroxylation is 1. The van der Waals surface area contributed by atoms with E-state index in [2.05, 4.69) is 5.32 Å². The number of fused-ring (bicyclic) bond motifs is 1. The first kappa shape index (κ1) is 18.2. The molecule has 0 unspecified atom stereocenters. The first-order valence-electron chi connectivity index (χ1n) is 9.58. The SMILES string of the molecule is O=C(Nc1ccccc1F)[C@@H]1CCc2sc(C(=O)N3CCCCC3)cc2C1. The summed E-state index contributed by atoms with van der Waals surface area (Å²) < 4.78 is 13.8. The molecule has 1 aromatic heterocycles. The predicted octanol–water partition coefficient (Wildman–Crippen LogP) is 4.26. The first-order valence-corrected chi connectivity index (χ1v) is 10.4. The maximum absolute atomic E-state index is 13.8. The van der Waals surface area contributed by atoms with E-state index in [4.69, 9.17) is 0 Å². The number of carbonyl (C=O) groups is 2. The van der Waals surface area contributed by atoms with Gasteiger partial charge in [-0.25, -0.2) is 4.39 Å². The Morgan fingerprint density at radius 3 is 2.70 bits per heavy atom. The van der Waals surface area contributed by atoms with Crippen LogP contribution in [0.2, 0.25) is 0 Å². The number of anilines is 1. The van der Waals surface area contributed by atoms with Crippen LogP contribution in [0.1, 0.15) is 45.8 Å². The Balaban J connectivity index is 1.44. The quantitative estimate of drug-likeness (QED) is 0.857. The Morgan fingerprint density at radius 1 is 1.15 bits per heavy atom. The zero-order chi connectivity index (χ0) is 18.8. The van der Waals surface area contributed by atoms with Gasteiger partial charge < -0.3 is 10.2 Å². The Morgan fingerprint density at radius 2 is 1.93 bits per heavy atom. The molecule has 2 heterocycles. The summed E-state index contributed by atoms with van der Waals surface area (Å²) in [4.78, 5) is 29.2. The van der Waals surface area contributed by atoms with E-state index in [9.17, 15) is 14.0 Å². The number of hydrogen-bond acceptors (Lipinski definition) is 3. The zero-order valence-corrected chi connectivity index (χ0v) is 16.0. The number of likely N-dealkylation sites (tertiary alicyclic amines) is 1. The van der Waals surface area contributed by atoms with Crippen LogP contribution in [0.4, 0.5) is 10.1 Å². The highest BCUT2D eigenvalue weighted by atomic mass is 32.1. The number of rotatable bonds is 3. The molecule has 1 aliphatic heterocycles. The number of para-hydroxylation sites is 1. The number of benzene rings is 1. The van der Waals surface area contributed by atoms with Crippen molar-refractivity contribution in [3.63, 3.8) is 0 Å². The van der Waals surface area contributed by atoms with E-state index in [-0.39, 0.29) is 23.4 Å². The summed E-state index contributed by atoms with van der Waals surface area (Å²) in [6.07, 6.45) is 5.49. The summed E-state index contributed by atoms with van der Waals surface area (Å²) in [7, 11) is 0. The van der Waals surface area contributed by atoms with Crippen molar-refractivity contribution in [2.45, 2.75) is 38.5 Å². The van der Waals surface area contributed by atoms with Crippen molar-refractivity contribution in [3.05, 3.63) is 51.5 Å². The summed E-state index contributed by atoms with van der Waals surface area (Å²) in [5.74, 6) is -0.640. The molecule has 1 fully saturated rings. The van der Waals surface area contributed by atoms with Crippen LogP contribution in [-0.2, 0) is 17.6 Å². The fourth-order valence-electron chi connectivity index (χ4n) is 3.90. The molecule has 1 aromatic carbocycles. The standard InChI is InChI=1S/C21H23FN2O2S/c22-16-6-2-3-7-17(16)23-20(25)14-8-9-18-15(12-14)13-19(27-18)21(26)24-10-4-1-5-11-24/h2-3,6-7,13-14H,1,4-5,8-12H2,(H,23,25)/t14-/m1/s1. The average molecular weight is 386 g/mol. The van der Waals surface area contributed by atoms with Gasteiger partial charge in [-0.15, -0.1) is 11.3 Å². The molecule has 4 rings (SSSR count). The van der Waals surface area contributed by atoms with Gasteiger partial charge >= 0.3 is 0 Å². The second-order valence-corrected chi connectivity index (χ2v) is 8.46. The fourth-order valence-corrected chi connectivity index (χ4v) is 5.08. The van der Waals surface area contributed by atoms with Gasteiger partial charge in [0.25, 0.3) is 5.91 Å². The Hall–Kier alpha value is -2.21. The van der Waals surface area contributed by atoms with Crippen molar-refractivity contribution in [1.82, 2.24) is 4.90 Å². The molecule has 0 spiro atoms. The van der Waals surface area contributed by atoms with Gasteiger partial charge in [-0.1, -0.05) is 12.1 Å². The average Bonchev–Trinajstić information content (AvgIpc) is 3.13. The fraction of sp³-hybridized carbons (Fsp3) is 0.429. The number of nitrogens with one attached hydrogen (secondary N) is 1. The van der Waals surface area contributed by atoms with E-state index < -0.39 is 5.82 Å². The van der Waals surface area contributed by atoms with Crippen LogP contribution in [0.25, 0.3) is 0 Å². The molecule has 0 bridgehead atoms. The number of hydrogen-bond donors (Lipinski definition) is 1. The molecular weight excluding hydrogens is 363 g/mol. The van der Waals surface area contributed by atoms with Gasteiger partial charge in [0.15, 0.2) is 0 Å². The van der Waals surface area contributed by atoms with Gasteiger partial charge in [-0.05, 0) is 62.3 Å². The van der Waals surface area contributed by atoms with Crippen molar-refractivity contribution in [3.8, 4) is 0 Å². The Labute approximate surface area is 162 Å². The van der Waals surface area contributed by atoms with Crippen LogP contribution >= 0.6 is 11.3 Å². The topological polar surface area (TPSA) is 49.4 Å². The lowest BCUT2D eigenvalue weighted by Gasteiger charge is -2.26. The molecule has 27 heavy (non-hydrogen) atoms. The molecule has 2 amide bonds. The first-order chi connectivity index (χ1) is 13.1. The summed E-state index contributed by atoms with van der Waals surface area (Å²) >= 11 is 1.57. The van der Waals surface area contributed by atoms with Gasteiger partial charge in [-0.2, -0.15) is 0 Å². The summed E-state index contributed by atoms with van der Waals surface area (Å²) in [5.41, 5.74) is 1.32. The van der Waals surface area contributed by atoms with Crippen LogP contribution in [-0.4, -0.2) is 29.8 Å². The second-order valence-electron chi connectivity index (χ2n) is 7.32. The molecule has 6 heteroatoms. The minimum Gasteiger partial charge on any atom is -0.338 e. The minimum absolute atomic E-state index is 0.126. The van der Waals surface area contributed by atoms with Crippen molar-refractivity contribution >= 4 is 28.8 Å². The third kappa shape index (κ3) is 3.90. The summed E-state index contributed by atoms with van der Waals surface area (Å²) in [6.45, 7) is 1.68. The maximum Gasteiger partial charge on any atom is 0.263 e. The predicted molar refractivity (Wildman–Crippen MR) is 105 cm³/mol. The minimum atomic E-state index is -0.424. The molecular formula is C21H23FN2O2S. The van der Waals surface area contributed by atoms with Crippen molar-refractivity contribution in [1.29, 1.82) is 0 Å². The van der Waals surface area contributed by atoms with E-state index in [0.717, 1.165) is 49.2 Å². The molecule has 0 radical (unpaired) electrons. The van der Waals surface area contributed by atoms with Crippen LogP contribution in [0.15, 0.2) is 30.3 Å². The van der Waals surface area contributed by atoms with Crippen molar-refractivity contribution < 1.29 is 14.0 Å². The third-order valence-electron chi connectivity index (χ3n) is 5.44. The smallest absolute Gasteiger partial charge is 0.263 e. The monoisotopic (exact) mass is 386 g/mol. The van der Waals surface area contributed by atoms with Gasteiger partial charge in [0.1, 0.15) is 5.82 Å². The molecule has 1 aliphatic carbocycles. The van der Waals surface area contributed by atoms with E-state index >= 15 is 0 Å². The molecule has 2 aliphatic rings. The van der Waals surface area contributed by atoms with Gasteiger partial charge in [0.2, 0.25) is 5.91 Å². The van der Waals surface area contributed by atoms with Gasteiger partial charge in [0.05, 0.1) is 10.6 Å². The highest BCUT2D eigenvalue weighted by molar-refractivity contribution is 7.14. The van der Waals surface area contributed by atoms with E-state index in [1.165, 1.54) is 17.4 Å². The van der Waals surface area contributed by atoms with Crippen LogP contribution in [0.3, 0.4) is 0 Å². The highest BCUT2D eigenvalue weighted by Crippen LogP contribution is 2.34. The normalized spacial score (nSPS) is 19.4. The van der Waals surface area contributed by atoms with Crippen molar-refractivity contribution in [2.75, 3.05) is 18.4 Å². The van der Waals surface area contributed by atoms with E-state index in [1.807, 2.05) is 11.0 Å². The molecule has 1 atom stereocenters. The summed E-state index contributed by atoms with van der Waals surface area (Å²) in [5, 5.41) is 2.71. The molecule has 1 saturated heterocycles. The van der Waals surface area contributed by atoms with Gasteiger partial charge in [0, 0.05) is 23.9 Å². The number of halogens is 1. The third-order valence-corrected chi connectivity index (χ3v) is 6.66. The molecule has 4 nitrogen and oxygen atoms in total. The van der Waals surface area contributed by atoms with E-state index in [1.54, 1.807) is 29.5 Å². The highest BCUT2D eigenvalue weighted by Gasteiger charge is 2.29. The van der Waals surface area contributed by atoms with Crippen molar-refractivity contribution in [2.24, 2.45) is 5.92 Å². The molecule has 2 aromatic rings. The zero-order valence-electron chi connectivity index (χ0n) is 15.2. The largest absolute Gasteiger partial charge is 0.338 e. The number of nitrogens with zero attached hydrogens (tertiary/aromatic N) is 1. The molecule has 1 N–H and O–H groups in total. The lowest BCUT2D eigenvalue weighted by atomic mass is 9.87. The number of thiophene rings is 1. The van der Waals surface area contributed by atoms with Gasteiger partial charge in [-0.3, -0.25) is 9.59 Å². The van der Waals surface area contributed by atoms with Crippen LogP contribution in [0.5, 0.6) is 0 Å². The number of carbonyl (C=O) groups excluding carboxylic acids is 2.